The summed E-state index contributed by atoms with van der Waals surface area (Å²) in [6, 6.07) is 0. The molecular weight excluding hydrogens is 225 g/mol. The summed E-state index contributed by atoms with van der Waals surface area (Å²) in [5.41, 5.74) is 0. The molecule has 0 aliphatic carbocycles. The van der Waals surface area contributed by atoms with Crippen molar-refractivity contribution >= 4 is 33.7 Å². The molecule has 0 aromatic heterocycles. The summed E-state index contributed by atoms with van der Waals surface area (Å²) in [7, 11) is -4.04. The average Bonchev–Trinajstić information content (AvgIpc) is 1.81. The third-order valence-corrected chi connectivity index (χ3v) is 3.52. The highest BCUT2D eigenvalue weighted by molar-refractivity contribution is 7.87. The monoisotopic (exact) mass is 235 g/mol. The molecule has 4 nitrogen and oxygen atoms in total. The van der Waals surface area contributed by atoms with Gasteiger partial charge in [0.25, 0.3) is 10.1 Å². The molecule has 0 bridgehead atoms. The van der Waals surface area contributed by atoms with Gasteiger partial charge in [-0.1, -0.05) is 0 Å². The first-order chi connectivity index (χ1) is 5.17. The lowest BCUT2D eigenvalue weighted by Crippen LogP contribution is -2.33. The summed E-state index contributed by atoms with van der Waals surface area (Å²) < 4.78 is 29.8. The maximum absolute atomic E-state index is 10.7. The molecule has 0 spiro atoms. The quantitative estimate of drug-likeness (QED) is 0.595. The van der Waals surface area contributed by atoms with Crippen LogP contribution in [-0.4, -0.2) is 28.2 Å². The molecule has 0 saturated carbocycles. The van der Waals surface area contributed by atoms with Gasteiger partial charge >= 0.3 is 0 Å². The molecule has 0 aromatic rings. The Labute approximate surface area is 82.4 Å². The first-order valence-electron chi connectivity index (χ1n) is 3.23. The minimum absolute atomic E-state index is 0.166. The molecule has 0 radical (unpaired) electrons. The lowest BCUT2D eigenvalue weighted by molar-refractivity contribution is 0.423. The van der Waals surface area contributed by atoms with Crippen molar-refractivity contribution in [3.8, 4) is 0 Å². The highest BCUT2D eigenvalue weighted by Gasteiger charge is 2.32. The van der Waals surface area contributed by atoms with Gasteiger partial charge in [-0.25, -0.2) is 0 Å². The Morgan fingerprint density at radius 2 is 1.83 bits per heavy atom. The topological polar surface area (TPSA) is 57.6 Å². The predicted octanol–water partition coefficient (Wildman–Crippen LogP) is 1.65. The lowest BCUT2D eigenvalue weighted by Gasteiger charge is -2.20. The van der Waals surface area contributed by atoms with E-state index in [1.54, 1.807) is 0 Å². The predicted molar refractivity (Wildman–Crippen MR) is 48.7 cm³/mol. The van der Waals surface area contributed by atoms with Crippen LogP contribution in [-0.2, 0) is 10.1 Å². The van der Waals surface area contributed by atoms with Gasteiger partial charge in [0.1, 0.15) is 0 Å². The average molecular weight is 236 g/mol. The standard InChI is InChI=1S/C5H11Cl2NO3S/c1-5(2,12(9,10)11)3-4-8(6)7/h3-4H2,1-2H3,(H,9,10,11). The summed E-state index contributed by atoms with van der Waals surface area (Å²) in [6.07, 6.45) is 0.166. The van der Waals surface area contributed by atoms with Crippen molar-refractivity contribution < 1.29 is 13.0 Å². The van der Waals surface area contributed by atoms with Gasteiger partial charge in [-0.05, 0) is 43.8 Å². The molecule has 12 heavy (non-hydrogen) atoms. The van der Waals surface area contributed by atoms with Crippen molar-refractivity contribution in [1.82, 2.24) is 3.94 Å². The SMILES string of the molecule is CC(C)(CCN(Cl)Cl)S(=O)(=O)O. The van der Waals surface area contributed by atoms with E-state index in [1.165, 1.54) is 13.8 Å². The fraction of sp³-hybridized carbons (Fsp3) is 1.00. The Hall–Kier alpha value is 0.450. The third kappa shape index (κ3) is 3.91. The van der Waals surface area contributed by atoms with E-state index >= 15 is 0 Å². The second-order valence-electron chi connectivity index (χ2n) is 3.01. The minimum atomic E-state index is -4.04. The maximum atomic E-state index is 10.7. The van der Waals surface area contributed by atoms with Gasteiger partial charge in [0, 0.05) is 6.54 Å². The van der Waals surface area contributed by atoms with E-state index in [0.29, 0.717) is 0 Å². The molecule has 0 aliphatic heterocycles. The Morgan fingerprint density at radius 1 is 1.42 bits per heavy atom. The van der Waals surface area contributed by atoms with Gasteiger partial charge in [0.15, 0.2) is 0 Å². The van der Waals surface area contributed by atoms with Crippen LogP contribution in [0.4, 0.5) is 0 Å². The summed E-state index contributed by atoms with van der Waals surface area (Å²) in [5.74, 6) is 0. The van der Waals surface area contributed by atoms with Crippen molar-refractivity contribution in [1.29, 1.82) is 0 Å². The summed E-state index contributed by atoms with van der Waals surface area (Å²) in [6.45, 7) is 2.98. The molecule has 0 aliphatic rings. The number of hydrogen-bond donors (Lipinski definition) is 1. The molecule has 0 heterocycles. The van der Waals surface area contributed by atoms with Crippen molar-refractivity contribution in [3.63, 3.8) is 0 Å². The van der Waals surface area contributed by atoms with Crippen molar-refractivity contribution in [2.45, 2.75) is 25.0 Å². The highest BCUT2D eigenvalue weighted by atomic mass is 35.5. The van der Waals surface area contributed by atoms with Gasteiger partial charge in [-0.15, -0.1) is 3.94 Å². The first kappa shape index (κ1) is 12.4. The second-order valence-corrected chi connectivity index (χ2v) is 6.06. The zero-order valence-corrected chi connectivity index (χ0v) is 9.12. The van der Waals surface area contributed by atoms with Gasteiger partial charge in [0.2, 0.25) is 0 Å². The Balaban J connectivity index is 4.25. The van der Waals surface area contributed by atoms with E-state index in [2.05, 4.69) is 0 Å². The summed E-state index contributed by atoms with van der Waals surface area (Å²) in [5, 5.41) is 0. The number of rotatable bonds is 4. The van der Waals surface area contributed by atoms with Gasteiger partial charge < -0.3 is 0 Å². The number of nitrogens with zero attached hydrogens (tertiary/aromatic N) is 1. The van der Waals surface area contributed by atoms with Crippen molar-refractivity contribution in [2.24, 2.45) is 0 Å². The van der Waals surface area contributed by atoms with E-state index in [0.717, 1.165) is 3.94 Å². The minimum Gasteiger partial charge on any atom is -0.285 e. The maximum Gasteiger partial charge on any atom is 0.270 e. The molecule has 0 unspecified atom stereocenters. The molecule has 7 heteroatoms. The van der Waals surface area contributed by atoms with Crippen LogP contribution in [0.2, 0.25) is 0 Å². The Morgan fingerprint density at radius 3 is 2.08 bits per heavy atom. The van der Waals surface area contributed by atoms with Crippen LogP contribution in [0.15, 0.2) is 0 Å². The van der Waals surface area contributed by atoms with Crippen LogP contribution in [0, 0.1) is 0 Å². The van der Waals surface area contributed by atoms with Gasteiger partial charge in [-0.3, -0.25) is 4.55 Å². The molecular formula is C5H11Cl2NO3S. The molecule has 0 fully saturated rings. The van der Waals surface area contributed by atoms with Crippen molar-refractivity contribution in [2.75, 3.05) is 6.54 Å². The van der Waals surface area contributed by atoms with Gasteiger partial charge in [-0.2, -0.15) is 8.42 Å². The fourth-order valence-electron chi connectivity index (χ4n) is 0.483. The third-order valence-electron chi connectivity index (χ3n) is 1.58. The molecule has 0 atom stereocenters. The molecule has 0 rings (SSSR count). The van der Waals surface area contributed by atoms with Crippen LogP contribution < -0.4 is 0 Å². The molecule has 74 valence electrons. The Kier molecular flexibility index (Phi) is 4.26. The van der Waals surface area contributed by atoms with E-state index < -0.39 is 14.9 Å². The van der Waals surface area contributed by atoms with E-state index in [1.807, 2.05) is 0 Å². The zero-order valence-electron chi connectivity index (χ0n) is 6.79. The number of halogens is 2. The lowest BCUT2D eigenvalue weighted by atomic mass is 10.1. The van der Waals surface area contributed by atoms with Crippen LogP contribution in [0.5, 0.6) is 0 Å². The van der Waals surface area contributed by atoms with Crippen LogP contribution in [0.25, 0.3) is 0 Å². The molecule has 0 amide bonds. The summed E-state index contributed by atoms with van der Waals surface area (Å²) in [4.78, 5) is 0. The molecule has 0 aromatic carbocycles. The smallest absolute Gasteiger partial charge is 0.270 e. The summed E-state index contributed by atoms with van der Waals surface area (Å²) >= 11 is 10.5. The Bertz CT molecular complexity index is 237. The zero-order chi connectivity index (χ0) is 9.99. The van der Waals surface area contributed by atoms with E-state index in [9.17, 15) is 8.42 Å². The number of hydrogen-bond acceptors (Lipinski definition) is 3. The normalized spacial score (nSPS) is 13.8. The molecule has 1 N–H and O–H groups in total. The first-order valence-corrected chi connectivity index (χ1v) is 5.34. The largest absolute Gasteiger partial charge is 0.285 e. The van der Waals surface area contributed by atoms with Gasteiger partial charge in [0.05, 0.1) is 4.75 Å². The van der Waals surface area contributed by atoms with Crippen molar-refractivity contribution in [3.05, 3.63) is 0 Å². The fourth-order valence-corrected chi connectivity index (χ4v) is 1.00. The second kappa shape index (κ2) is 4.11. The molecule has 0 saturated heterocycles. The van der Waals surface area contributed by atoms with E-state index in [4.69, 9.17) is 28.1 Å². The highest BCUT2D eigenvalue weighted by Crippen LogP contribution is 2.20. The van der Waals surface area contributed by atoms with Crippen LogP contribution >= 0.6 is 23.6 Å². The van der Waals surface area contributed by atoms with Crippen LogP contribution in [0.1, 0.15) is 20.3 Å². The van der Waals surface area contributed by atoms with Crippen LogP contribution in [0.3, 0.4) is 0 Å². The van der Waals surface area contributed by atoms with E-state index in [-0.39, 0.29) is 13.0 Å².